The molecule has 0 aliphatic carbocycles. The minimum atomic E-state index is -1.08. The van der Waals surface area contributed by atoms with Crippen LogP contribution in [0.5, 0.6) is 0 Å². The fourth-order valence-corrected chi connectivity index (χ4v) is 8.76. The zero-order valence-electron chi connectivity index (χ0n) is 43.9. The Morgan fingerprint density at radius 3 is 1.97 bits per heavy atom. The number of benzene rings is 3. The quantitative estimate of drug-likeness (QED) is 0.0462. The molecule has 0 bridgehead atoms. The third kappa shape index (κ3) is 15.2. The number of fused-ring (bicyclic) bond motifs is 2. The lowest BCUT2D eigenvalue weighted by molar-refractivity contribution is -0.141. The number of anilines is 2. The zero-order valence-corrected chi connectivity index (χ0v) is 43.9. The molecule has 4 rings (SSSR count). The Labute approximate surface area is 420 Å². The van der Waals surface area contributed by atoms with Gasteiger partial charge in [-0.1, -0.05) is 135 Å². The molecule has 15 heteroatoms. The van der Waals surface area contributed by atoms with E-state index in [0.717, 1.165) is 22.4 Å². The van der Waals surface area contributed by atoms with Gasteiger partial charge < -0.3 is 41.5 Å². The summed E-state index contributed by atoms with van der Waals surface area (Å²) in [6.07, 6.45) is 6.92. The summed E-state index contributed by atoms with van der Waals surface area (Å²) in [6, 6.07) is 18.6. The number of hydrogen-bond acceptors (Lipinski definition) is 8. The maximum atomic E-state index is 14.2. The van der Waals surface area contributed by atoms with Gasteiger partial charge in [0.25, 0.3) is 0 Å². The highest BCUT2D eigenvalue weighted by atomic mass is 16.4. The molecular formula is C56H77N7O8. The first-order chi connectivity index (χ1) is 33.3. The SMILES string of the molecule is CNC(C(=O)N[C@H](C(=O)N(C)[C@H](/C=C(\C)C(=O)O)C(C)C)C(C)(C)C)C(C)(C)c1cccc(NC(=O)[C@H](C)NC(=O)[C@@H](NC(=O)CCCCC(=O)N2Cc3ccccc3/C=C\c3ccccc32)C(C)C)c1. The van der Waals surface area contributed by atoms with E-state index in [1.807, 2.05) is 109 Å². The van der Waals surface area contributed by atoms with Gasteiger partial charge in [0, 0.05) is 36.6 Å². The van der Waals surface area contributed by atoms with Gasteiger partial charge in [0.05, 0.1) is 24.3 Å². The first-order valence-electron chi connectivity index (χ1n) is 24.6. The van der Waals surface area contributed by atoms with Crippen LogP contribution in [0, 0.1) is 17.3 Å². The Balaban J connectivity index is 1.35. The summed E-state index contributed by atoms with van der Waals surface area (Å²) in [6.45, 7) is 20.2. The number of rotatable bonds is 21. The molecule has 15 nitrogen and oxygen atoms in total. The molecule has 1 unspecified atom stereocenters. The molecule has 6 amide bonds. The van der Waals surface area contributed by atoms with Crippen molar-refractivity contribution in [2.45, 2.75) is 144 Å². The number of carboxylic acid groups (broad SMARTS) is 1. The van der Waals surface area contributed by atoms with Crippen LogP contribution >= 0.6 is 0 Å². The number of carbonyl (C=O) groups excluding carboxylic acids is 6. The third-order valence-corrected chi connectivity index (χ3v) is 13.2. The summed E-state index contributed by atoms with van der Waals surface area (Å²) in [4.78, 5) is 97.3. The second kappa shape index (κ2) is 25.0. The van der Waals surface area contributed by atoms with Crippen molar-refractivity contribution >= 4 is 64.9 Å². The second-order valence-corrected chi connectivity index (χ2v) is 21.0. The van der Waals surface area contributed by atoms with Gasteiger partial charge in [0.1, 0.15) is 18.1 Å². The molecule has 1 aliphatic rings. The molecule has 0 spiro atoms. The molecule has 3 aromatic rings. The summed E-state index contributed by atoms with van der Waals surface area (Å²) >= 11 is 0. The molecule has 384 valence electrons. The molecule has 5 atom stereocenters. The predicted molar refractivity (Wildman–Crippen MR) is 281 cm³/mol. The summed E-state index contributed by atoms with van der Waals surface area (Å²) in [7, 11) is 3.27. The van der Waals surface area contributed by atoms with E-state index in [1.54, 1.807) is 64.0 Å². The van der Waals surface area contributed by atoms with Crippen LogP contribution < -0.4 is 31.5 Å². The molecule has 6 N–H and O–H groups in total. The van der Waals surface area contributed by atoms with Gasteiger partial charge in [-0.05, 0) is 91.4 Å². The summed E-state index contributed by atoms with van der Waals surface area (Å²) in [5, 5.41) is 24.1. The third-order valence-electron chi connectivity index (χ3n) is 13.2. The Bertz CT molecular complexity index is 2470. The van der Waals surface area contributed by atoms with Gasteiger partial charge in [0.2, 0.25) is 35.4 Å². The smallest absolute Gasteiger partial charge is 0.331 e. The minimum Gasteiger partial charge on any atom is -0.478 e. The van der Waals surface area contributed by atoms with Crippen molar-refractivity contribution in [3.63, 3.8) is 0 Å². The normalized spacial score (nSPS) is 15.4. The minimum absolute atomic E-state index is 0.0415. The van der Waals surface area contributed by atoms with Crippen molar-refractivity contribution in [2.24, 2.45) is 17.3 Å². The topological polar surface area (TPSA) is 206 Å². The van der Waals surface area contributed by atoms with E-state index >= 15 is 0 Å². The maximum Gasteiger partial charge on any atom is 0.331 e. The molecule has 0 saturated heterocycles. The van der Waals surface area contributed by atoms with E-state index < -0.39 is 64.7 Å². The van der Waals surface area contributed by atoms with E-state index in [1.165, 1.54) is 11.8 Å². The zero-order chi connectivity index (χ0) is 53.0. The van der Waals surface area contributed by atoms with Crippen molar-refractivity contribution in [1.29, 1.82) is 0 Å². The fourth-order valence-electron chi connectivity index (χ4n) is 8.76. The Hall–Kier alpha value is -6.61. The predicted octanol–water partition coefficient (Wildman–Crippen LogP) is 7.46. The summed E-state index contributed by atoms with van der Waals surface area (Å²) < 4.78 is 0. The van der Waals surface area contributed by atoms with Crippen LogP contribution in [-0.2, 0) is 45.5 Å². The highest BCUT2D eigenvalue weighted by molar-refractivity contribution is 5.99. The number of hydrogen-bond donors (Lipinski definition) is 6. The van der Waals surface area contributed by atoms with Crippen molar-refractivity contribution in [3.05, 3.63) is 107 Å². The highest BCUT2D eigenvalue weighted by Gasteiger charge is 2.42. The van der Waals surface area contributed by atoms with E-state index in [0.29, 0.717) is 30.6 Å². The molecule has 0 saturated carbocycles. The number of nitrogens with one attached hydrogen (secondary N) is 5. The lowest BCUT2D eigenvalue weighted by Crippen LogP contribution is -2.61. The van der Waals surface area contributed by atoms with E-state index in [2.05, 4.69) is 32.7 Å². The highest BCUT2D eigenvalue weighted by Crippen LogP contribution is 2.32. The monoisotopic (exact) mass is 976 g/mol. The van der Waals surface area contributed by atoms with Gasteiger partial charge >= 0.3 is 5.97 Å². The lowest BCUT2D eigenvalue weighted by atomic mass is 9.76. The standard InChI is InChI=1S/C56H77N7O8/c1-34(2)44(31-36(5)54(70)71)62(13)53(69)49(55(7,8)9)61-52(68)48(57-12)56(10,11)41-24-20-25-42(32-41)59-50(66)37(6)58-51(67)47(35(3)4)60-45(64)27-18-19-28-46(65)63-33-40-23-15-14-21-38(40)29-30-39-22-16-17-26-43(39)63/h14-17,20-26,29-32,34-35,37,44,47-49,57H,18-19,27-28,33H2,1-13H3,(H,58,67)(H,59,66)(H,60,64)(H,61,68)(H,70,71)/b30-29-,36-31+/t37-,44+,47-,48?,49+/m0/s1. The molecule has 0 radical (unpaired) electrons. The number of nitrogens with zero attached hydrogens (tertiary/aromatic N) is 2. The van der Waals surface area contributed by atoms with Crippen molar-refractivity contribution in [1.82, 2.24) is 26.2 Å². The van der Waals surface area contributed by atoms with Crippen LogP contribution in [-0.4, -0.2) is 95.7 Å². The maximum absolute atomic E-state index is 14.2. The van der Waals surface area contributed by atoms with Gasteiger partial charge in [-0.15, -0.1) is 0 Å². The number of carboxylic acids is 1. The number of carbonyl (C=O) groups is 7. The number of unbranched alkanes of at least 4 members (excludes halogenated alkanes) is 1. The van der Waals surface area contributed by atoms with Crippen LogP contribution in [0.3, 0.4) is 0 Å². The van der Waals surface area contributed by atoms with Gasteiger partial charge in [-0.25, -0.2) is 4.79 Å². The van der Waals surface area contributed by atoms with E-state index in [4.69, 9.17) is 0 Å². The molecule has 1 aliphatic heterocycles. The average molecular weight is 976 g/mol. The van der Waals surface area contributed by atoms with Crippen LogP contribution in [0.1, 0.15) is 124 Å². The molecule has 3 aromatic carbocycles. The van der Waals surface area contributed by atoms with Gasteiger partial charge in [-0.2, -0.15) is 0 Å². The molecular weight excluding hydrogens is 899 g/mol. The first kappa shape index (κ1) is 57.0. The fraction of sp³-hybridized carbons (Fsp3) is 0.482. The van der Waals surface area contributed by atoms with Crippen molar-refractivity contribution < 1.29 is 38.7 Å². The van der Waals surface area contributed by atoms with Crippen LogP contribution in [0.2, 0.25) is 0 Å². The number of likely N-dealkylation sites (N-methyl/N-ethyl adjacent to an activating group) is 2. The summed E-state index contributed by atoms with van der Waals surface area (Å²) in [5.41, 5.74) is 3.51. The van der Waals surface area contributed by atoms with Crippen LogP contribution in [0.4, 0.5) is 11.4 Å². The molecule has 1 heterocycles. The number of amides is 6. The first-order valence-corrected chi connectivity index (χ1v) is 24.6. The molecule has 71 heavy (non-hydrogen) atoms. The lowest BCUT2D eigenvalue weighted by Gasteiger charge is -2.40. The molecule has 0 aromatic heterocycles. The van der Waals surface area contributed by atoms with Crippen molar-refractivity contribution in [2.75, 3.05) is 24.3 Å². The van der Waals surface area contributed by atoms with Gasteiger partial charge in [-0.3, -0.25) is 28.8 Å². The second-order valence-electron chi connectivity index (χ2n) is 21.0. The van der Waals surface area contributed by atoms with Crippen molar-refractivity contribution in [3.8, 4) is 0 Å². The van der Waals surface area contributed by atoms with E-state index in [-0.39, 0.29) is 48.0 Å². The van der Waals surface area contributed by atoms with Gasteiger partial charge in [0.15, 0.2) is 0 Å². The largest absolute Gasteiger partial charge is 0.478 e. The Kier molecular flexibility index (Phi) is 20.0. The average Bonchev–Trinajstić information content (AvgIpc) is 3.30. The number of para-hydroxylation sites is 1. The van der Waals surface area contributed by atoms with Crippen LogP contribution in [0.25, 0.3) is 12.2 Å². The molecule has 0 fully saturated rings. The van der Waals surface area contributed by atoms with E-state index in [9.17, 15) is 38.7 Å². The van der Waals surface area contributed by atoms with Crippen LogP contribution in [0.15, 0.2) is 84.4 Å². The Morgan fingerprint density at radius 1 is 0.732 bits per heavy atom. The Morgan fingerprint density at radius 2 is 1.35 bits per heavy atom. The summed E-state index contributed by atoms with van der Waals surface area (Å²) in [5.74, 6) is -3.67. The number of aliphatic carboxylic acids is 1.